The molecule has 3 heterocycles. The van der Waals surface area contributed by atoms with E-state index in [2.05, 4.69) is 20.2 Å². The SMILES string of the molecule is CC(O)(CNCc1cnc(N2CCOCC2)nc1)c1ccco1. The molecule has 2 aromatic rings. The minimum atomic E-state index is -1.04. The van der Waals surface area contributed by atoms with E-state index in [4.69, 9.17) is 9.15 Å². The molecule has 7 heteroatoms. The van der Waals surface area contributed by atoms with Crippen LogP contribution in [0.15, 0.2) is 35.2 Å². The second-order valence-electron chi connectivity index (χ2n) is 5.85. The molecule has 1 atom stereocenters. The molecule has 2 aromatic heterocycles. The predicted molar refractivity (Wildman–Crippen MR) is 85.0 cm³/mol. The zero-order valence-electron chi connectivity index (χ0n) is 13.2. The lowest BCUT2D eigenvalue weighted by molar-refractivity contribution is 0.0340. The molecule has 1 fully saturated rings. The van der Waals surface area contributed by atoms with E-state index in [0.29, 0.717) is 32.1 Å². The molecule has 0 spiro atoms. The molecular formula is C16H22N4O3. The Morgan fingerprint density at radius 2 is 2.04 bits per heavy atom. The van der Waals surface area contributed by atoms with Gasteiger partial charge in [-0.05, 0) is 19.1 Å². The number of furan rings is 1. The number of morpholine rings is 1. The van der Waals surface area contributed by atoms with Gasteiger partial charge in [0.1, 0.15) is 11.4 Å². The van der Waals surface area contributed by atoms with Crippen LogP contribution >= 0.6 is 0 Å². The smallest absolute Gasteiger partial charge is 0.225 e. The minimum absolute atomic E-state index is 0.381. The third-order valence-corrected chi connectivity index (χ3v) is 3.84. The van der Waals surface area contributed by atoms with Crippen LogP contribution in [0.5, 0.6) is 0 Å². The maximum atomic E-state index is 10.4. The Morgan fingerprint density at radius 1 is 1.30 bits per heavy atom. The van der Waals surface area contributed by atoms with Gasteiger partial charge in [0.15, 0.2) is 0 Å². The van der Waals surface area contributed by atoms with E-state index in [1.807, 2.05) is 12.4 Å². The zero-order chi connectivity index (χ0) is 16.1. The first kappa shape index (κ1) is 15.9. The lowest BCUT2D eigenvalue weighted by Crippen LogP contribution is -2.37. The summed E-state index contributed by atoms with van der Waals surface area (Å²) in [5, 5.41) is 13.6. The largest absolute Gasteiger partial charge is 0.466 e. The van der Waals surface area contributed by atoms with Gasteiger partial charge in [-0.3, -0.25) is 0 Å². The average molecular weight is 318 g/mol. The molecule has 0 saturated carbocycles. The maximum absolute atomic E-state index is 10.4. The van der Waals surface area contributed by atoms with Crippen LogP contribution in [0.4, 0.5) is 5.95 Å². The number of anilines is 1. The van der Waals surface area contributed by atoms with Crippen molar-refractivity contribution in [3.05, 3.63) is 42.1 Å². The van der Waals surface area contributed by atoms with Crippen LogP contribution in [0.3, 0.4) is 0 Å². The summed E-state index contributed by atoms with van der Waals surface area (Å²) in [5.74, 6) is 1.28. The van der Waals surface area contributed by atoms with Gasteiger partial charge in [0.05, 0.1) is 19.5 Å². The highest BCUT2D eigenvalue weighted by atomic mass is 16.5. The standard InChI is InChI=1S/C16H22N4O3/c1-16(21,14-3-2-6-23-14)12-17-9-13-10-18-15(19-11-13)20-4-7-22-8-5-20/h2-3,6,10-11,17,21H,4-5,7-9,12H2,1H3. The van der Waals surface area contributed by atoms with Crippen molar-refractivity contribution in [1.29, 1.82) is 0 Å². The Labute approximate surface area is 135 Å². The molecule has 0 aromatic carbocycles. The number of ether oxygens (including phenoxy) is 1. The molecule has 1 saturated heterocycles. The molecule has 0 amide bonds. The number of hydrogen-bond donors (Lipinski definition) is 2. The molecule has 1 unspecified atom stereocenters. The first-order valence-corrected chi connectivity index (χ1v) is 7.76. The normalized spacial score (nSPS) is 17.9. The fraction of sp³-hybridized carbons (Fsp3) is 0.500. The van der Waals surface area contributed by atoms with E-state index in [9.17, 15) is 5.11 Å². The Kier molecular flexibility index (Phi) is 4.90. The Morgan fingerprint density at radius 3 is 2.70 bits per heavy atom. The summed E-state index contributed by atoms with van der Waals surface area (Å²) in [5.41, 5.74) is -0.0739. The fourth-order valence-electron chi connectivity index (χ4n) is 2.49. The summed E-state index contributed by atoms with van der Waals surface area (Å²) in [4.78, 5) is 10.9. The van der Waals surface area contributed by atoms with Gasteiger partial charge >= 0.3 is 0 Å². The lowest BCUT2D eigenvalue weighted by Gasteiger charge is -2.26. The lowest BCUT2D eigenvalue weighted by atomic mass is 10.0. The summed E-state index contributed by atoms with van der Waals surface area (Å²) in [6.07, 6.45) is 5.18. The molecule has 1 aliphatic rings. The van der Waals surface area contributed by atoms with Gasteiger partial charge in [0, 0.05) is 44.1 Å². The number of rotatable bonds is 6. The van der Waals surface area contributed by atoms with Gasteiger partial charge in [0.25, 0.3) is 0 Å². The number of nitrogens with zero attached hydrogens (tertiary/aromatic N) is 3. The molecule has 0 radical (unpaired) electrons. The molecular weight excluding hydrogens is 296 g/mol. The van der Waals surface area contributed by atoms with Gasteiger partial charge < -0.3 is 24.5 Å². The van der Waals surface area contributed by atoms with E-state index < -0.39 is 5.60 Å². The summed E-state index contributed by atoms with van der Waals surface area (Å²) < 4.78 is 10.6. The van der Waals surface area contributed by atoms with Crippen molar-refractivity contribution < 1.29 is 14.3 Å². The van der Waals surface area contributed by atoms with E-state index in [1.54, 1.807) is 25.3 Å². The fourth-order valence-corrected chi connectivity index (χ4v) is 2.49. The van der Waals surface area contributed by atoms with Crippen molar-refractivity contribution in [3.63, 3.8) is 0 Å². The van der Waals surface area contributed by atoms with Crippen molar-refractivity contribution in [2.45, 2.75) is 19.1 Å². The molecule has 1 aliphatic heterocycles. The van der Waals surface area contributed by atoms with Crippen LogP contribution in [0.2, 0.25) is 0 Å². The van der Waals surface area contributed by atoms with Crippen molar-refractivity contribution >= 4 is 5.95 Å². The van der Waals surface area contributed by atoms with Crippen LogP contribution in [0.1, 0.15) is 18.2 Å². The van der Waals surface area contributed by atoms with Gasteiger partial charge in [-0.1, -0.05) is 0 Å². The van der Waals surface area contributed by atoms with Crippen LogP contribution in [-0.2, 0) is 16.9 Å². The van der Waals surface area contributed by atoms with E-state index in [0.717, 1.165) is 24.6 Å². The topological polar surface area (TPSA) is 83.7 Å². The van der Waals surface area contributed by atoms with Crippen molar-refractivity contribution in [2.75, 3.05) is 37.7 Å². The van der Waals surface area contributed by atoms with Gasteiger partial charge in [-0.25, -0.2) is 9.97 Å². The first-order chi connectivity index (χ1) is 11.1. The van der Waals surface area contributed by atoms with Gasteiger partial charge in [-0.2, -0.15) is 0 Å². The number of aliphatic hydroxyl groups is 1. The Hall–Kier alpha value is -1.96. The monoisotopic (exact) mass is 318 g/mol. The number of nitrogens with one attached hydrogen (secondary N) is 1. The van der Waals surface area contributed by atoms with Crippen molar-refractivity contribution in [3.8, 4) is 0 Å². The minimum Gasteiger partial charge on any atom is -0.466 e. The number of hydrogen-bond acceptors (Lipinski definition) is 7. The van der Waals surface area contributed by atoms with E-state index in [1.165, 1.54) is 0 Å². The molecule has 2 N–H and O–H groups in total. The zero-order valence-corrected chi connectivity index (χ0v) is 13.2. The molecule has 7 nitrogen and oxygen atoms in total. The molecule has 3 rings (SSSR count). The number of aromatic nitrogens is 2. The summed E-state index contributed by atoms with van der Waals surface area (Å²) in [7, 11) is 0. The first-order valence-electron chi connectivity index (χ1n) is 7.76. The third kappa shape index (κ3) is 4.07. The third-order valence-electron chi connectivity index (χ3n) is 3.84. The molecule has 124 valence electrons. The molecule has 23 heavy (non-hydrogen) atoms. The van der Waals surface area contributed by atoms with Crippen LogP contribution < -0.4 is 10.2 Å². The van der Waals surface area contributed by atoms with Crippen molar-refractivity contribution in [2.24, 2.45) is 0 Å². The quantitative estimate of drug-likeness (QED) is 0.819. The maximum Gasteiger partial charge on any atom is 0.225 e. The second kappa shape index (κ2) is 7.08. The second-order valence-corrected chi connectivity index (χ2v) is 5.85. The van der Waals surface area contributed by atoms with Crippen LogP contribution in [0.25, 0.3) is 0 Å². The van der Waals surface area contributed by atoms with E-state index >= 15 is 0 Å². The van der Waals surface area contributed by atoms with Gasteiger partial charge in [-0.15, -0.1) is 0 Å². The van der Waals surface area contributed by atoms with Gasteiger partial charge in [0.2, 0.25) is 5.95 Å². The summed E-state index contributed by atoms with van der Waals surface area (Å²) >= 11 is 0. The highest BCUT2D eigenvalue weighted by molar-refractivity contribution is 5.30. The predicted octanol–water partition coefficient (Wildman–Crippen LogP) is 0.903. The molecule has 0 aliphatic carbocycles. The summed E-state index contributed by atoms with van der Waals surface area (Å²) in [6.45, 7) is 5.76. The molecule has 0 bridgehead atoms. The van der Waals surface area contributed by atoms with Crippen LogP contribution in [-0.4, -0.2) is 47.9 Å². The highest BCUT2D eigenvalue weighted by Gasteiger charge is 2.25. The van der Waals surface area contributed by atoms with E-state index in [-0.39, 0.29) is 0 Å². The van der Waals surface area contributed by atoms with Crippen LogP contribution in [0, 0.1) is 0 Å². The Bertz CT molecular complexity index is 592. The van der Waals surface area contributed by atoms with Crippen molar-refractivity contribution in [1.82, 2.24) is 15.3 Å². The average Bonchev–Trinajstić information content (AvgIpc) is 3.12. The summed E-state index contributed by atoms with van der Waals surface area (Å²) in [6, 6.07) is 3.53. The highest BCUT2D eigenvalue weighted by Crippen LogP contribution is 2.19. The Balaban J connectivity index is 1.50.